The maximum atomic E-state index is 13.1. The first kappa shape index (κ1) is 17.2. The molecule has 1 aliphatic rings. The molecule has 7 heteroatoms. The maximum absolute atomic E-state index is 13.1. The maximum Gasteiger partial charge on any atom is 0.337 e. The molecule has 2 aromatic heterocycles. The molecule has 1 N–H and O–H groups in total. The van der Waals surface area contributed by atoms with Crippen LogP contribution in [0, 0.1) is 6.92 Å². The third-order valence-electron chi connectivity index (χ3n) is 4.23. The number of carbonyl (C=O) groups excluding carboxylic acids is 1. The highest BCUT2D eigenvalue weighted by atomic mass is 16.5. The first-order chi connectivity index (χ1) is 12.0. The van der Waals surface area contributed by atoms with Crippen LogP contribution in [-0.4, -0.2) is 46.1 Å². The van der Waals surface area contributed by atoms with Gasteiger partial charge in [-0.1, -0.05) is 0 Å². The highest BCUT2D eigenvalue weighted by Gasteiger charge is 2.26. The Morgan fingerprint density at radius 1 is 1.44 bits per heavy atom. The molecule has 1 atom stereocenters. The quantitative estimate of drug-likeness (QED) is 0.865. The van der Waals surface area contributed by atoms with Crippen LogP contribution in [0.25, 0.3) is 0 Å². The summed E-state index contributed by atoms with van der Waals surface area (Å²) in [6.45, 7) is 3.11. The second kappa shape index (κ2) is 7.48. The molecule has 1 unspecified atom stereocenters. The van der Waals surface area contributed by atoms with Crippen LogP contribution in [0.4, 0.5) is 0 Å². The number of amides is 1. The fourth-order valence-electron chi connectivity index (χ4n) is 2.88. The normalized spacial score (nSPS) is 16.8. The molecule has 0 aliphatic carbocycles. The molecular weight excluding hydrogens is 324 g/mol. The van der Waals surface area contributed by atoms with Crippen molar-refractivity contribution in [2.24, 2.45) is 0 Å². The van der Waals surface area contributed by atoms with Crippen molar-refractivity contribution < 1.29 is 23.8 Å². The number of carboxylic acid groups (broad SMARTS) is 1. The predicted octanol–water partition coefficient (Wildman–Crippen LogP) is 2.50. The smallest absolute Gasteiger partial charge is 0.337 e. The lowest BCUT2D eigenvalue weighted by atomic mass is 10.1. The summed E-state index contributed by atoms with van der Waals surface area (Å²) < 4.78 is 11.0. The molecule has 1 fully saturated rings. The first-order valence-corrected chi connectivity index (χ1v) is 8.18. The van der Waals surface area contributed by atoms with Crippen molar-refractivity contribution in [3.8, 4) is 0 Å². The number of furan rings is 1. The van der Waals surface area contributed by atoms with Crippen LogP contribution in [0.2, 0.25) is 0 Å². The highest BCUT2D eigenvalue weighted by Crippen LogP contribution is 2.19. The summed E-state index contributed by atoms with van der Waals surface area (Å²) in [6.07, 6.45) is 4.67. The zero-order valence-corrected chi connectivity index (χ0v) is 14.0. The number of carbonyl (C=O) groups is 2. The number of aromatic nitrogens is 1. The molecule has 0 aromatic carbocycles. The summed E-state index contributed by atoms with van der Waals surface area (Å²) in [6, 6.07) is 4.94. The van der Waals surface area contributed by atoms with Gasteiger partial charge in [-0.2, -0.15) is 0 Å². The van der Waals surface area contributed by atoms with Crippen LogP contribution in [0.1, 0.15) is 45.0 Å². The molecule has 132 valence electrons. The lowest BCUT2D eigenvalue weighted by Crippen LogP contribution is -2.37. The van der Waals surface area contributed by atoms with Gasteiger partial charge in [-0.15, -0.1) is 0 Å². The van der Waals surface area contributed by atoms with Crippen molar-refractivity contribution in [2.45, 2.75) is 32.4 Å². The van der Waals surface area contributed by atoms with E-state index in [4.69, 9.17) is 14.3 Å². The van der Waals surface area contributed by atoms with E-state index in [0.717, 1.165) is 12.8 Å². The van der Waals surface area contributed by atoms with Crippen LogP contribution in [-0.2, 0) is 11.3 Å². The zero-order valence-electron chi connectivity index (χ0n) is 14.0. The third-order valence-corrected chi connectivity index (χ3v) is 4.23. The van der Waals surface area contributed by atoms with E-state index in [-0.39, 0.29) is 23.1 Å². The average molecular weight is 344 g/mol. The molecule has 2 aromatic rings. The number of rotatable bonds is 6. The van der Waals surface area contributed by atoms with Crippen LogP contribution in [0.5, 0.6) is 0 Å². The third kappa shape index (κ3) is 4.06. The number of hydrogen-bond acceptors (Lipinski definition) is 5. The van der Waals surface area contributed by atoms with Crippen LogP contribution in [0.15, 0.2) is 35.1 Å². The summed E-state index contributed by atoms with van der Waals surface area (Å²) in [5, 5.41) is 9.16. The largest absolute Gasteiger partial charge is 0.478 e. The Bertz CT molecular complexity index is 751. The summed E-state index contributed by atoms with van der Waals surface area (Å²) in [5.74, 6) is -0.732. The summed E-state index contributed by atoms with van der Waals surface area (Å²) >= 11 is 0. The summed E-state index contributed by atoms with van der Waals surface area (Å²) in [4.78, 5) is 29.9. The average Bonchev–Trinajstić information content (AvgIpc) is 3.27. The Kier molecular flexibility index (Phi) is 5.14. The highest BCUT2D eigenvalue weighted by molar-refractivity contribution is 5.98. The van der Waals surface area contributed by atoms with E-state index in [0.29, 0.717) is 31.2 Å². The minimum absolute atomic E-state index is 0.0102. The van der Waals surface area contributed by atoms with Gasteiger partial charge in [-0.3, -0.25) is 9.78 Å². The van der Waals surface area contributed by atoms with E-state index in [9.17, 15) is 9.59 Å². The SMILES string of the molecule is Cc1ncc(C(=O)O)cc1C(=O)N(Cc1ccco1)CC1CCCO1. The van der Waals surface area contributed by atoms with Gasteiger partial charge in [-0.25, -0.2) is 4.79 Å². The molecule has 1 saturated heterocycles. The number of aromatic carboxylic acids is 1. The van der Waals surface area contributed by atoms with E-state index in [1.807, 2.05) is 0 Å². The van der Waals surface area contributed by atoms with Crippen molar-refractivity contribution in [1.82, 2.24) is 9.88 Å². The monoisotopic (exact) mass is 344 g/mol. The van der Waals surface area contributed by atoms with E-state index in [1.165, 1.54) is 12.3 Å². The molecule has 1 aliphatic heterocycles. The standard InChI is InChI=1S/C18H20N2O5/c1-12-16(8-13(9-19-12)18(22)23)17(21)20(10-14-4-2-6-24-14)11-15-5-3-7-25-15/h2,4,6,8-9,15H,3,5,7,10-11H2,1H3,(H,22,23). The Labute approximate surface area is 145 Å². The second-order valence-corrected chi connectivity index (χ2v) is 6.06. The van der Waals surface area contributed by atoms with E-state index in [1.54, 1.807) is 30.2 Å². The van der Waals surface area contributed by atoms with Crippen molar-refractivity contribution in [2.75, 3.05) is 13.2 Å². The molecule has 3 heterocycles. The van der Waals surface area contributed by atoms with Crippen LogP contribution < -0.4 is 0 Å². The summed E-state index contributed by atoms with van der Waals surface area (Å²) in [7, 11) is 0. The second-order valence-electron chi connectivity index (χ2n) is 6.06. The molecule has 0 radical (unpaired) electrons. The number of nitrogens with zero attached hydrogens (tertiary/aromatic N) is 2. The lowest BCUT2D eigenvalue weighted by molar-refractivity contribution is 0.0490. The fraction of sp³-hybridized carbons (Fsp3) is 0.389. The van der Waals surface area contributed by atoms with Crippen LogP contribution >= 0.6 is 0 Å². The minimum Gasteiger partial charge on any atom is -0.478 e. The minimum atomic E-state index is -1.11. The number of carboxylic acids is 1. The lowest BCUT2D eigenvalue weighted by Gasteiger charge is -2.25. The Morgan fingerprint density at radius 3 is 2.92 bits per heavy atom. The molecular formula is C18H20N2O5. The Hall–Kier alpha value is -2.67. The van der Waals surface area contributed by atoms with Crippen molar-refractivity contribution in [3.63, 3.8) is 0 Å². The van der Waals surface area contributed by atoms with E-state index in [2.05, 4.69) is 4.98 Å². The van der Waals surface area contributed by atoms with E-state index >= 15 is 0 Å². The molecule has 0 bridgehead atoms. The molecule has 25 heavy (non-hydrogen) atoms. The molecule has 0 saturated carbocycles. The molecule has 0 spiro atoms. The Morgan fingerprint density at radius 2 is 2.28 bits per heavy atom. The van der Waals surface area contributed by atoms with Gasteiger partial charge in [-0.05, 0) is 38.0 Å². The van der Waals surface area contributed by atoms with Crippen molar-refractivity contribution in [1.29, 1.82) is 0 Å². The zero-order chi connectivity index (χ0) is 17.8. The summed E-state index contributed by atoms with van der Waals surface area (Å²) in [5.41, 5.74) is 0.764. The molecule has 7 nitrogen and oxygen atoms in total. The molecule has 3 rings (SSSR count). The van der Waals surface area contributed by atoms with Gasteiger partial charge < -0.3 is 19.2 Å². The van der Waals surface area contributed by atoms with Crippen molar-refractivity contribution in [3.05, 3.63) is 53.2 Å². The van der Waals surface area contributed by atoms with Gasteiger partial charge in [0.25, 0.3) is 5.91 Å². The van der Waals surface area contributed by atoms with Gasteiger partial charge in [0.1, 0.15) is 5.76 Å². The number of hydrogen-bond donors (Lipinski definition) is 1. The van der Waals surface area contributed by atoms with Gasteiger partial charge >= 0.3 is 5.97 Å². The number of aryl methyl sites for hydroxylation is 1. The first-order valence-electron chi connectivity index (χ1n) is 8.18. The van der Waals surface area contributed by atoms with E-state index < -0.39 is 5.97 Å². The van der Waals surface area contributed by atoms with Gasteiger partial charge in [0, 0.05) is 19.3 Å². The van der Waals surface area contributed by atoms with Crippen LogP contribution in [0.3, 0.4) is 0 Å². The number of pyridine rings is 1. The number of ether oxygens (including phenoxy) is 1. The topological polar surface area (TPSA) is 92.9 Å². The molecule has 1 amide bonds. The van der Waals surface area contributed by atoms with Gasteiger partial charge in [0.05, 0.1) is 35.7 Å². The van der Waals surface area contributed by atoms with Crippen molar-refractivity contribution >= 4 is 11.9 Å². The fourth-order valence-corrected chi connectivity index (χ4v) is 2.88. The predicted molar refractivity (Wildman–Crippen MR) is 88.4 cm³/mol. The van der Waals surface area contributed by atoms with Gasteiger partial charge in [0.15, 0.2) is 0 Å². The van der Waals surface area contributed by atoms with Gasteiger partial charge in [0.2, 0.25) is 0 Å². The Balaban J connectivity index is 1.87.